The first-order valence-corrected chi connectivity index (χ1v) is 8.82. The quantitative estimate of drug-likeness (QED) is 0.793. The number of carbonyl (C=O) groups is 2. The van der Waals surface area contributed by atoms with E-state index < -0.39 is 0 Å². The van der Waals surface area contributed by atoms with Crippen LogP contribution in [-0.4, -0.2) is 18.5 Å². The molecule has 0 saturated heterocycles. The molecule has 0 N–H and O–H groups in total. The van der Waals surface area contributed by atoms with Crippen molar-refractivity contribution in [1.29, 1.82) is 0 Å². The zero-order valence-corrected chi connectivity index (χ0v) is 14.1. The molecule has 122 valence electrons. The van der Waals surface area contributed by atoms with Crippen LogP contribution in [0.25, 0.3) is 0 Å². The Morgan fingerprint density at radius 1 is 1.08 bits per heavy atom. The van der Waals surface area contributed by atoms with Gasteiger partial charge in [-0.2, -0.15) is 0 Å². The van der Waals surface area contributed by atoms with Crippen molar-refractivity contribution in [3.63, 3.8) is 0 Å². The Balaban J connectivity index is 1.59. The van der Waals surface area contributed by atoms with Gasteiger partial charge in [0.25, 0.3) is 5.91 Å². The van der Waals surface area contributed by atoms with Gasteiger partial charge >= 0.3 is 5.97 Å². The Bertz CT molecular complexity index is 774. The van der Waals surface area contributed by atoms with Crippen molar-refractivity contribution < 1.29 is 14.3 Å². The highest BCUT2D eigenvalue weighted by Crippen LogP contribution is 2.47. The van der Waals surface area contributed by atoms with Crippen molar-refractivity contribution in [3.05, 3.63) is 48.5 Å². The van der Waals surface area contributed by atoms with Gasteiger partial charge in [0, 0.05) is 9.79 Å². The normalized spacial score (nSPS) is 20.8. The van der Waals surface area contributed by atoms with Crippen LogP contribution in [0, 0.1) is 11.8 Å². The van der Waals surface area contributed by atoms with Gasteiger partial charge in [-0.15, -0.1) is 0 Å². The summed E-state index contributed by atoms with van der Waals surface area (Å²) in [7, 11) is 0. The van der Waals surface area contributed by atoms with Gasteiger partial charge < -0.3 is 4.74 Å². The van der Waals surface area contributed by atoms with Crippen molar-refractivity contribution >= 4 is 35.0 Å². The number of rotatable bonds is 3. The second kappa shape index (κ2) is 5.98. The maximum Gasteiger partial charge on any atom is 0.309 e. The average Bonchev–Trinajstić information content (AvgIpc) is 3.34. The van der Waals surface area contributed by atoms with Gasteiger partial charge in [0.05, 0.1) is 17.3 Å². The molecule has 4 nitrogen and oxygen atoms in total. The predicted molar refractivity (Wildman–Crippen MR) is 92.4 cm³/mol. The topological polar surface area (TPSA) is 46.6 Å². The smallest absolute Gasteiger partial charge is 0.309 e. The van der Waals surface area contributed by atoms with E-state index in [2.05, 4.69) is 0 Å². The fourth-order valence-electron chi connectivity index (χ4n) is 2.93. The van der Waals surface area contributed by atoms with Crippen molar-refractivity contribution in [2.45, 2.75) is 23.1 Å². The van der Waals surface area contributed by atoms with Crippen LogP contribution >= 0.6 is 11.8 Å². The van der Waals surface area contributed by atoms with Gasteiger partial charge in [-0.05, 0) is 36.6 Å². The second-order valence-electron chi connectivity index (χ2n) is 6.19. The Kier molecular flexibility index (Phi) is 3.81. The van der Waals surface area contributed by atoms with E-state index in [9.17, 15) is 9.59 Å². The number of ether oxygens (including phenoxy) is 1. The van der Waals surface area contributed by atoms with Crippen LogP contribution in [0.3, 0.4) is 0 Å². The van der Waals surface area contributed by atoms with Crippen molar-refractivity contribution in [2.75, 3.05) is 11.5 Å². The van der Waals surface area contributed by atoms with Gasteiger partial charge in [-0.25, -0.2) is 0 Å². The van der Waals surface area contributed by atoms with E-state index in [0.717, 1.165) is 27.6 Å². The van der Waals surface area contributed by atoms with Crippen LogP contribution in [0.1, 0.15) is 13.3 Å². The van der Waals surface area contributed by atoms with Crippen LogP contribution in [0.4, 0.5) is 11.4 Å². The zero-order chi connectivity index (χ0) is 16.7. The van der Waals surface area contributed by atoms with Crippen LogP contribution in [0.2, 0.25) is 0 Å². The summed E-state index contributed by atoms with van der Waals surface area (Å²) in [5, 5.41) is 0. The monoisotopic (exact) mass is 339 g/mol. The number of nitrogens with zero attached hydrogens (tertiary/aromatic N) is 1. The summed E-state index contributed by atoms with van der Waals surface area (Å²) in [4.78, 5) is 28.4. The molecule has 1 aliphatic heterocycles. The van der Waals surface area contributed by atoms with Crippen molar-refractivity contribution in [3.8, 4) is 0 Å². The first-order valence-electron chi connectivity index (χ1n) is 8.00. The predicted octanol–water partition coefficient (Wildman–Crippen LogP) is 4.02. The van der Waals surface area contributed by atoms with E-state index in [-0.39, 0.29) is 24.4 Å². The zero-order valence-electron chi connectivity index (χ0n) is 13.3. The number of hydrogen-bond donors (Lipinski definition) is 0. The van der Waals surface area contributed by atoms with E-state index in [1.807, 2.05) is 55.5 Å². The SMILES string of the molecule is C[C@H]1C[C@H]1C(=O)OCC(=O)N1c2ccccc2Sc2ccccc21. The lowest BCUT2D eigenvalue weighted by molar-refractivity contribution is -0.149. The van der Waals surface area contributed by atoms with E-state index in [0.29, 0.717) is 5.92 Å². The molecule has 0 radical (unpaired) electrons. The second-order valence-corrected chi connectivity index (χ2v) is 7.28. The molecule has 2 aromatic carbocycles. The molecule has 2 aliphatic rings. The standard InChI is InChI=1S/C19H17NO3S/c1-12-10-13(12)19(22)23-11-18(21)20-14-6-2-4-8-16(14)24-17-9-5-3-7-15(17)20/h2-9,12-13H,10-11H2,1H3/t12-,13+/m0/s1. The molecule has 1 amide bonds. The fourth-order valence-corrected chi connectivity index (χ4v) is 3.99. The van der Waals surface area contributed by atoms with Gasteiger partial charge in [0.1, 0.15) is 0 Å². The molecule has 4 rings (SSSR count). The third kappa shape index (κ3) is 2.69. The lowest BCUT2D eigenvalue weighted by atomic mass is 10.2. The van der Waals surface area contributed by atoms with Gasteiger partial charge in [-0.3, -0.25) is 14.5 Å². The number of para-hydroxylation sites is 2. The Morgan fingerprint density at radius 3 is 2.17 bits per heavy atom. The van der Waals surface area contributed by atoms with Gasteiger partial charge in [0.2, 0.25) is 0 Å². The first-order chi connectivity index (χ1) is 11.6. The summed E-state index contributed by atoms with van der Waals surface area (Å²) >= 11 is 1.64. The molecule has 24 heavy (non-hydrogen) atoms. The average molecular weight is 339 g/mol. The summed E-state index contributed by atoms with van der Waals surface area (Å²) in [5.41, 5.74) is 1.67. The van der Waals surface area contributed by atoms with E-state index >= 15 is 0 Å². The first kappa shape index (κ1) is 15.3. The number of carbonyl (C=O) groups excluding carboxylic acids is 2. The summed E-state index contributed by atoms with van der Waals surface area (Å²) in [6.07, 6.45) is 0.860. The Hall–Kier alpha value is -2.27. The fraction of sp³-hybridized carbons (Fsp3) is 0.263. The molecular weight excluding hydrogens is 322 g/mol. The van der Waals surface area contributed by atoms with Crippen molar-refractivity contribution in [2.24, 2.45) is 11.8 Å². The Labute approximate surface area is 144 Å². The number of esters is 1. The Morgan fingerprint density at radius 2 is 1.62 bits per heavy atom. The lowest BCUT2D eigenvalue weighted by Crippen LogP contribution is -2.32. The van der Waals surface area contributed by atoms with Crippen molar-refractivity contribution in [1.82, 2.24) is 0 Å². The molecule has 1 heterocycles. The molecule has 1 fully saturated rings. The molecule has 0 unspecified atom stereocenters. The van der Waals surface area contributed by atoms with Crippen LogP contribution < -0.4 is 4.90 Å². The molecule has 0 aromatic heterocycles. The molecule has 0 bridgehead atoms. The highest BCUT2D eigenvalue weighted by Gasteiger charge is 2.41. The van der Waals surface area contributed by atoms with E-state index in [1.54, 1.807) is 16.7 Å². The number of hydrogen-bond acceptors (Lipinski definition) is 4. The molecule has 0 spiro atoms. The highest BCUT2D eigenvalue weighted by atomic mass is 32.2. The van der Waals surface area contributed by atoms with Gasteiger partial charge in [-0.1, -0.05) is 43.0 Å². The van der Waals surface area contributed by atoms with Crippen LogP contribution in [0.5, 0.6) is 0 Å². The summed E-state index contributed by atoms with van der Waals surface area (Å²) in [6.45, 7) is 1.79. The van der Waals surface area contributed by atoms with E-state index in [1.165, 1.54) is 0 Å². The lowest BCUT2D eigenvalue weighted by Gasteiger charge is -2.30. The molecular formula is C19H17NO3S. The summed E-state index contributed by atoms with van der Waals surface area (Å²) in [5.74, 6) is -0.143. The molecule has 1 aliphatic carbocycles. The maximum absolute atomic E-state index is 12.8. The van der Waals surface area contributed by atoms with Gasteiger partial charge in [0.15, 0.2) is 6.61 Å². The third-order valence-corrected chi connectivity index (χ3v) is 5.56. The number of anilines is 2. The molecule has 2 atom stereocenters. The number of benzene rings is 2. The highest BCUT2D eigenvalue weighted by molar-refractivity contribution is 7.99. The minimum atomic E-state index is -0.260. The molecule has 5 heteroatoms. The largest absolute Gasteiger partial charge is 0.455 e. The number of fused-ring (bicyclic) bond motifs is 2. The van der Waals surface area contributed by atoms with E-state index in [4.69, 9.17) is 4.74 Å². The minimum Gasteiger partial charge on any atom is -0.455 e. The van der Waals surface area contributed by atoms with Crippen LogP contribution in [-0.2, 0) is 14.3 Å². The maximum atomic E-state index is 12.8. The third-order valence-electron chi connectivity index (χ3n) is 4.43. The molecule has 1 saturated carbocycles. The minimum absolute atomic E-state index is 0.0331. The number of amides is 1. The summed E-state index contributed by atoms with van der Waals surface area (Å²) < 4.78 is 5.24. The summed E-state index contributed by atoms with van der Waals surface area (Å²) in [6, 6.07) is 15.6. The van der Waals surface area contributed by atoms with Crippen LogP contribution in [0.15, 0.2) is 58.3 Å². The molecule has 2 aromatic rings.